The van der Waals surface area contributed by atoms with E-state index in [0.29, 0.717) is 29.3 Å². The van der Waals surface area contributed by atoms with E-state index in [1.54, 1.807) is 23.1 Å². The summed E-state index contributed by atoms with van der Waals surface area (Å²) in [6.45, 7) is 7.93. The van der Waals surface area contributed by atoms with Crippen molar-refractivity contribution in [2.45, 2.75) is 57.8 Å². The van der Waals surface area contributed by atoms with Crippen LogP contribution < -0.4 is 10.7 Å². The van der Waals surface area contributed by atoms with Gasteiger partial charge in [0.1, 0.15) is 29.0 Å². The fourth-order valence-corrected chi connectivity index (χ4v) is 5.22. The lowest BCUT2D eigenvalue weighted by atomic mass is 9.91. The van der Waals surface area contributed by atoms with Crippen molar-refractivity contribution in [1.82, 2.24) is 20.8 Å². The lowest BCUT2D eigenvalue weighted by Crippen LogP contribution is -2.52. The fraction of sp³-hybridized carbons (Fsp3) is 0.393. The van der Waals surface area contributed by atoms with E-state index in [4.69, 9.17) is 4.52 Å². The van der Waals surface area contributed by atoms with Crippen LogP contribution in [0.1, 0.15) is 50.1 Å². The number of aliphatic hydroxyl groups is 1. The zero-order valence-electron chi connectivity index (χ0n) is 21.4. The number of hydrazone groups is 1. The summed E-state index contributed by atoms with van der Waals surface area (Å²) in [5.41, 5.74) is 5.37. The molecule has 2 unspecified atom stereocenters. The Morgan fingerprint density at radius 2 is 1.95 bits per heavy atom. The molecule has 0 radical (unpaired) electrons. The van der Waals surface area contributed by atoms with Crippen LogP contribution in [-0.4, -0.2) is 45.6 Å². The molecule has 194 valence electrons. The van der Waals surface area contributed by atoms with Gasteiger partial charge in [-0.25, -0.2) is 4.39 Å². The quantitative estimate of drug-likeness (QED) is 0.470. The molecule has 0 bridgehead atoms. The van der Waals surface area contributed by atoms with Crippen LogP contribution in [0.3, 0.4) is 0 Å². The maximum Gasteiger partial charge on any atom is 0.234 e. The molecule has 5 rings (SSSR count). The van der Waals surface area contributed by atoms with E-state index in [-0.39, 0.29) is 24.2 Å². The number of carbonyl (C=O) groups is 1. The van der Waals surface area contributed by atoms with Gasteiger partial charge in [-0.05, 0) is 37.0 Å². The molecule has 9 heteroatoms. The molecule has 3 N–H and O–H groups in total. The maximum atomic E-state index is 14.2. The summed E-state index contributed by atoms with van der Waals surface area (Å²) in [6.07, 6.45) is -0.281. The summed E-state index contributed by atoms with van der Waals surface area (Å²) >= 11 is 0. The average molecular weight is 506 g/mol. The molecule has 0 saturated carbocycles. The van der Waals surface area contributed by atoms with Crippen molar-refractivity contribution in [3.63, 3.8) is 0 Å². The molecule has 0 spiro atoms. The Labute approximate surface area is 215 Å². The number of aromatic nitrogens is 1. The molecule has 3 heterocycles. The number of aliphatic hydroxyl groups excluding tert-OH is 1. The van der Waals surface area contributed by atoms with Crippen LogP contribution >= 0.6 is 0 Å². The second-order valence-electron chi connectivity index (χ2n) is 10.4. The molecule has 0 aliphatic carbocycles. The summed E-state index contributed by atoms with van der Waals surface area (Å²) in [7, 11) is 0. The SMILES string of the molecule is Cc1cc([C@H](C(=O)N2CC(O)C[C@H]2C2=NNC(C)(c3ccc(-c4ccccc4F)cc3)N2)C(C)C)on1. The summed E-state index contributed by atoms with van der Waals surface area (Å²) < 4.78 is 19.7. The number of nitrogens with one attached hydrogen (secondary N) is 2. The van der Waals surface area contributed by atoms with E-state index in [0.717, 1.165) is 11.1 Å². The van der Waals surface area contributed by atoms with Gasteiger partial charge in [-0.2, -0.15) is 5.10 Å². The van der Waals surface area contributed by atoms with Crippen LogP contribution in [0.25, 0.3) is 11.1 Å². The Bertz CT molecular complexity index is 1320. The zero-order valence-corrected chi connectivity index (χ0v) is 21.4. The van der Waals surface area contributed by atoms with Crippen molar-refractivity contribution in [3.8, 4) is 11.1 Å². The van der Waals surface area contributed by atoms with Gasteiger partial charge in [-0.3, -0.25) is 10.2 Å². The lowest BCUT2D eigenvalue weighted by Gasteiger charge is -2.31. The smallest absolute Gasteiger partial charge is 0.234 e. The third-order valence-electron chi connectivity index (χ3n) is 7.19. The monoisotopic (exact) mass is 505 g/mol. The predicted molar refractivity (Wildman–Crippen MR) is 138 cm³/mol. The molecule has 8 nitrogen and oxygen atoms in total. The number of nitrogens with zero attached hydrogens (tertiary/aromatic N) is 3. The van der Waals surface area contributed by atoms with E-state index < -0.39 is 23.7 Å². The Balaban J connectivity index is 1.35. The van der Waals surface area contributed by atoms with Crippen molar-refractivity contribution in [2.75, 3.05) is 6.54 Å². The van der Waals surface area contributed by atoms with Crippen LogP contribution in [-0.2, 0) is 10.5 Å². The zero-order chi connectivity index (χ0) is 26.3. The highest BCUT2D eigenvalue weighted by atomic mass is 19.1. The molecule has 1 saturated heterocycles. The highest BCUT2D eigenvalue weighted by Crippen LogP contribution is 2.33. The number of rotatable bonds is 6. The number of β-amino-alcohol motifs (C(OH)–C–C–N with tert-alkyl or cyclic N) is 1. The average Bonchev–Trinajstić information content (AvgIpc) is 3.58. The number of likely N-dealkylation sites (tertiary alicyclic amines) is 1. The lowest BCUT2D eigenvalue weighted by molar-refractivity contribution is -0.134. The number of aryl methyl sites for hydroxylation is 1. The van der Waals surface area contributed by atoms with E-state index >= 15 is 0 Å². The minimum atomic E-state index is -0.731. The predicted octanol–water partition coefficient (Wildman–Crippen LogP) is 3.87. The first kappa shape index (κ1) is 25.0. The van der Waals surface area contributed by atoms with Gasteiger partial charge in [0.05, 0.1) is 17.8 Å². The Morgan fingerprint density at radius 3 is 2.59 bits per heavy atom. The second kappa shape index (κ2) is 9.63. The summed E-state index contributed by atoms with van der Waals surface area (Å²) in [5.74, 6) is 0.182. The molecule has 2 aliphatic rings. The highest BCUT2D eigenvalue weighted by molar-refractivity contribution is 5.95. The molecule has 1 aromatic heterocycles. The van der Waals surface area contributed by atoms with Crippen LogP contribution in [0, 0.1) is 18.7 Å². The van der Waals surface area contributed by atoms with E-state index in [2.05, 4.69) is 21.0 Å². The van der Waals surface area contributed by atoms with Gasteiger partial charge < -0.3 is 19.8 Å². The molecule has 3 aromatic rings. The van der Waals surface area contributed by atoms with Gasteiger partial charge in [0.25, 0.3) is 0 Å². The van der Waals surface area contributed by atoms with E-state index in [9.17, 15) is 14.3 Å². The van der Waals surface area contributed by atoms with Crippen molar-refractivity contribution in [2.24, 2.45) is 11.0 Å². The molecule has 2 aromatic carbocycles. The number of carbonyl (C=O) groups excluding carboxylic acids is 1. The standard InChI is InChI=1S/C28H32FN5O3/c1-16(2)25(24-13-17(3)32-37-24)27(36)34-15-20(35)14-23(34)26-30-28(4,33-31-26)19-11-9-18(10-12-19)21-7-5-6-8-22(21)29/h5-13,16,20,23,25,33,35H,14-15H2,1-4H3,(H,30,31)/t20?,23-,25+,28?/m0/s1. The third kappa shape index (κ3) is 4.71. The second-order valence-corrected chi connectivity index (χ2v) is 10.4. The molecule has 4 atom stereocenters. The number of hydrogen-bond donors (Lipinski definition) is 3. The first-order valence-electron chi connectivity index (χ1n) is 12.6. The minimum absolute atomic E-state index is 0.0203. The molecular weight excluding hydrogens is 473 g/mol. The summed E-state index contributed by atoms with van der Waals surface area (Å²) in [6, 6.07) is 15.7. The molecule has 2 aliphatic heterocycles. The normalized spacial score (nSPS) is 24.1. The maximum absolute atomic E-state index is 14.2. The summed E-state index contributed by atoms with van der Waals surface area (Å²) in [4.78, 5) is 15.4. The van der Waals surface area contributed by atoms with Gasteiger partial charge in [0, 0.05) is 24.6 Å². The number of amides is 1. The first-order valence-corrected chi connectivity index (χ1v) is 12.6. The van der Waals surface area contributed by atoms with E-state index in [1.807, 2.05) is 58.0 Å². The Kier molecular flexibility index (Phi) is 6.49. The van der Waals surface area contributed by atoms with Gasteiger partial charge in [0.2, 0.25) is 5.91 Å². The third-order valence-corrected chi connectivity index (χ3v) is 7.19. The Morgan fingerprint density at radius 1 is 1.22 bits per heavy atom. The first-order chi connectivity index (χ1) is 17.7. The molecule has 37 heavy (non-hydrogen) atoms. The highest BCUT2D eigenvalue weighted by Gasteiger charge is 2.45. The van der Waals surface area contributed by atoms with Crippen molar-refractivity contribution < 1.29 is 18.8 Å². The van der Waals surface area contributed by atoms with Gasteiger partial charge in [-0.1, -0.05) is 61.5 Å². The largest absolute Gasteiger partial charge is 0.391 e. The number of amidine groups is 1. The molecular formula is C28H32FN5O3. The minimum Gasteiger partial charge on any atom is -0.391 e. The molecule has 1 fully saturated rings. The van der Waals surface area contributed by atoms with Crippen LogP contribution in [0.2, 0.25) is 0 Å². The van der Waals surface area contributed by atoms with Gasteiger partial charge in [0.15, 0.2) is 0 Å². The van der Waals surface area contributed by atoms with E-state index in [1.165, 1.54) is 6.07 Å². The fourth-order valence-electron chi connectivity index (χ4n) is 5.22. The summed E-state index contributed by atoms with van der Waals surface area (Å²) in [5, 5.41) is 22.5. The van der Waals surface area contributed by atoms with Gasteiger partial charge in [-0.15, -0.1) is 0 Å². The van der Waals surface area contributed by atoms with Crippen LogP contribution in [0.15, 0.2) is 64.2 Å². The number of hydrogen-bond acceptors (Lipinski definition) is 7. The van der Waals surface area contributed by atoms with Gasteiger partial charge >= 0.3 is 0 Å². The van der Waals surface area contributed by atoms with Crippen molar-refractivity contribution in [3.05, 3.63) is 77.4 Å². The Hall–Kier alpha value is -3.72. The molecule has 1 amide bonds. The number of benzene rings is 2. The topological polar surface area (TPSA) is 103 Å². The van der Waals surface area contributed by atoms with Crippen molar-refractivity contribution in [1.29, 1.82) is 0 Å². The van der Waals surface area contributed by atoms with Crippen LogP contribution in [0.4, 0.5) is 4.39 Å². The van der Waals surface area contributed by atoms with Crippen molar-refractivity contribution >= 4 is 11.7 Å². The van der Waals surface area contributed by atoms with Crippen LogP contribution in [0.5, 0.6) is 0 Å². The number of halogens is 1.